The summed E-state index contributed by atoms with van der Waals surface area (Å²) in [6, 6.07) is 3.43. The maximum Gasteiger partial charge on any atom is 0.164 e. The van der Waals surface area contributed by atoms with Gasteiger partial charge in [-0.1, -0.05) is 13.8 Å². The number of phenolic OH excluding ortho intramolecular Hbond substituents is 1. The normalized spacial score (nSPS) is 10.8. The molecular formula is C13H17ClO2. The van der Waals surface area contributed by atoms with Crippen LogP contribution in [0.2, 0.25) is 0 Å². The predicted octanol–water partition coefficient (Wildman–Crippen LogP) is 3.64. The Kier molecular flexibility index (Phi) is 4.36. The summed E-state index contributed by atoms with van der Waals surface area (Å²) in [5, 5.41) is 9.76. The standard InChI is InChI=1S/C13H17ClO2/c1-8(2)10-7-11(12(15)4-5-14)9(3)6-13(10)16/h6-8,16H,4-5H2,1-3H3. The quantitative estimate of drug-likeness (QED) is 0.645. The molecule has 0 bridgehead atoms. The van der Waals surface area contributed by atoms with Crippen molar-refractivity contribution in [3.8, 4) is 5.75 Å². The van der Waals surface area contributed by atoms with Gasteiger partial charge in [0.2, 0.25) is 0 Å². The highest BCUT2D eigenvalue weighted by atomic mass is 35.5. The number of aromatic hydroxyl groups is 1. The van der Waals surface area contributed by atoms with Gasteiger partial charge in [0.1, 0.15) is 5.75 Å². The lowest BCUT2D eigenvalue weighted by atomic mass is 9.94. The number of carbonyl (C=O) groups is 1. The van der Waals surface area contributed by atoms with Crippen LogP contribution in [0, 0.1) is 6.92 Å². The molecule has 0 aliphatic rings. The van der Waals surface area contributed by atoms with Crippen LogP contribution in [-0.4, -0.2) is 16.8 Å². The number of rotatable bonds is 4. The number of phenols is 1. The fourth-order valence-electron chi connectivity index (χ4n) is 1.69. The van der Waals surface area contributed by atoms with Gasteiger partial charge < -0.3 is 5.11 Å². The molecule has 1 aromatic carbocycles. The fourth-order valence-corrected chi connectivity index (χ4v) is 1.86. The molecule has 0 saturated heterocycles. The van der Waals surface area contributed by atoms with Crippen molar-refractivity contribution in [1.82, 2.24) is 0 Å². The molecular weight excluding hydrogens is 224 g/mol. The summed E-state index contributed by atoms with van der Waals surface area (Å²) in [6.45, 7) is 5.80. The third-order valence-corrected chi connectivity index (χ3v) is 2.81. The van der Waals surface area contributed by atoms with E-state index in [0.717, 1.165) is 11.1 Å². The Morgan fingerprint density at radius 1 is 1.44 bits per heavy atom. The van der Waals surface area contributed by atoms with Crippen LogP contribution in [-0.2, 0) is 0 Å². The first-order valence-corrected chi connectivity index (χ1v) is 5.93. The van der Waals surface area contributed by atoms with Crippen LogP contribution in [0.3, 0.4) is 0 Å². The molecule has 1 aromatic rings. The summed E-state index contributed by atoms with van der Waals surface area (Å²) in [6.07, 6.45) is 0.338. The van der Waals surface area contributed by atoms with Crippen LogP contribution >= 0.6 is 11.6 Å². The minimum atomic E-state index is 0.0365. The third kappa shape index (κ3) is 2.76. The molecule has 0 aromatic heterocycles. The summed E-state index contributed by atoms with van der Waals surface area (Å²) >= 11 is 5.56. The second kappa shape index (κ2) is 5.35. The maximum absolute atomic E-state index is 11.8. The zero-order valence-electron chi connectivity index (χ0n) is 9.88. The van der Waals surface area contributed by atoms with Gasteiger partial charge in [-0.25, -0.2) is 0 Å². The van der Waals surface area contributed by atoms with E-state index >= 15 is 0 Å². The topological polar surface area (TPSA) is 37.3 Å². The minimum Gasteiger partial charge on any atom is -0.508 e. The highest BCUT2D eigenvalue weighted by Crippen LogP contribution is 2.29. The van der Waals surface area contributed by atoms with Gasteiger partial charge >= 0.3 is 0 Å². The van der Waals surface area contributed by atoms with Crippen molar-refractivity contribution in [1.29, 1.82) is 0 Å². The predicted molar refractivity (Wildman–Crippen MR) is 66.6 cm³/mol. The zero-order valence-corrected chi connectivity index (χ0v) is 10.6. The van der Waals surface area contributed by atoms with Crippen LogP contribution in [0.5, 0.6) is 5.75 Å². The number of ketones is 1. The van der Waals surface area contributed by atoms with Crippen LogP contribution in [0.4, 0.5) is 0 Å². The van der Waals surface area contributed by atoms with E-state index in [4.69, 9.17) is 11.6 Å². The Labute approximate surface area is 101 Å². The molecule has 0 atom stereocenters. The highest BCUT2D eigenvalue weighted by Gasteiger charge is 2.14. The number of carbonyl (C=O) groups excluding carboxylic acids is 1. The van der Waals surface area contributed by atoms with Gasteiger partial charge in [0.25, 0.3) is 0 Å². The fraction of sp³-hybridized carbons (Fsp3) is 0.462. The van der Waals surface area contributed by atoms with Gasteiger partial charge in [-0.2, -0.15) is 0 Å². The van der Waals surface area contributed by atoms with Crippen molar-refractivity contribution in [2.24, 2.45) is 0 Å². The molecule has 16 heavy (non-hydrogen) atoms. The summed E-state index contributed by atoms with van der Waals surface area (Å²) in [5.41, 5.74) is 2.28. The second-order valence-corrected chi connectivity index (χ2v) is 4.62. The Morgan fingerprint density at radius 3 is 2.56 bits per heavy atom. The molecule has 88 valence electrons. The first-order chi connectivity index (χ1) is 7.47. The van der Waals surface area contributed by atoms with Gasteiger partial charge in [-0.05, 0) is 36.1 Å². The number of hydrogen-bond acceptors (Lipinski definition) is 2. The molecule has 0 aliphatic carbocycles. The van der Waals surface area contributed by atoms with Crippen molar-refractivity contribution >= 4 is 17.4 Å². The Morgan fingerprint density at radius 2 is 2.06 bits per heavy atom. The van der Waals surface area contributed by atoms with Crippen molar-refractivity contribution in [2.75, 3.05) is 5.88 Å². The molecule has 2 nitrogen and oxygen atoms in total. The molecule has 1 rings (SSSR count). The van der Waals surface area contributed by atoms with E-state index in [-0.39, 0.29) is 17.5 Å². The van der Waals surface area contributed by atoms with E-state index in [1.165, 1.54) is 0 Å². The summed E-state index contributed by atoms with van der Waals surface area (Å²) in [5.74, 6) is 0.823. The van der Waals surface area contributed by atoms with Gasteiger partial charge in [0.15, 0.2) is 5.78 Å². The third-order valence-electron chi connectivity index (χ3n) is 2.62. The van der Waals surface area contributed by atoms with Crippen molar-refractivity contribution in [3.05, 3.63) is 28.8 Å². The number of alkyl halides is 1. The Hall–Kier alpha value is -1.02. The van der Waals surface area contributed by atoms with Crippen molar-refractivity contribution in [3.63, 3.8) is 0 Å². The molecule has 0 aliphatic heterocycles. The number of hydrogen-bond donors (Lipinski definition) is 1. The van der Waals surface area contributed by atoms with Crippen LogP contribution in [0.1, 0.15) is 47.7 Å². The minimum absolute atomic E-state index is 0.0365. The molecule has 0 unspecified atom stereocenters. The van der Waals surface area contributed by atoms with E-state index in [9.17, 15) is 9.90 Å². The number of benzene rings is 1. The van der Waals surface area contributed by atoms with Gasteiger partial charge in [-0.15, -0.1) is 11.6 Å². The monoisotopic (exact) mass is 240 g/mol. The lowest BCUT2D eigenvalue weighted by Gasteiger charge is -2.12. The number of aryl methyl sites for hydroxylation is 1. The second-order valence-electron chi connectivity index (χ2n) is 4.24. The van der Waals surface area contributed by atoms with E-state index in [0.29, 0.717) is 17.9 Å². The molecule has 0 spiro atoms. The van der Waals surface area contributed by atoms with Crippen molar-refractivity contribution in [2.45, 2.75) is 33.1 Å². The molecule has 0 fully saturated rings. The molecule has 0 saturated carbocycles. The molecule has 3 heteroatoms. The maximum atomic E-state index is 11.8. The van der Waals surface area contributed by atoms with E-state index in [1.807, 2.05) is 20.8 Å². The summed E-state index contributed by atoms with van der Waals surface area (Å²) < 4.78 is 0. The highest BCUT2D eigenvalue weighted by molar-refractivity contribution is 6.19. The number of Topliss-reactive ketones (excluding diaryl/α,β-unsaturated/α-hetero) is 1. The molecule has 0 heterocycles. The van der Waals surface area contributed by atoms with Gasteiger partial charge in [-0.3, -0.25) is 4.79 Å². The molecule has 0 radical (unpaired) electrons. The van der Waals surface area contributed by atoms with Crippen LogP contribution < -0.4 is 0 Å². The lowest BCUT2D eigenvalue weighted by molar-refractivity contribution is 0.0988. The van der Waals surface area contributed by atoms with Gasteiger partial charge in [0, 0.05) is 17.9 Å². The SMILES string of the molecule is Cc1cc(O)c(C(C)C)cc1C(=O)CCCl. The average Bonchev–Trinajstić information content (AvgIpc) is 2.17. The summed E-state index contributed by atoms with van der Waals surface area (Å²) in [7, 11) is 0. The average molecular weight is 241 g/mol. The zero-order chi connectivity index (χ0) is 12.3. The number of halogens is 1. The first kappa shape index (κ1) is 13.0. The van der Waals surface area contributed by atoms with E-state index in [1.54, 1.807) is 12.1 Å². The lowest BCUT2D eigenvalue weighted by Crippen LogP contribution is -2.04. The first-order valence-electron chi connectivity index (χ1n) is 5.40. The smallest absolute Gasteiger partial charge is 0.164 e. The van der Waals surface area contributed by atoms with Crippen molar-refractivity contribution < 1.29 is 9.90 Å². The Bertz CT molecular complexity index is 397. The molecule has 0 amide bonds. The van der Waals surface area contributed by atoms with Crippen LogP contribution in [0.25, 0.3) is 0 Å². The Balaban J connectivity index is 3.19. The largest absolute Gasteiger partial charge is 0.508 e. The summed E-state index contributed by atoms with van der Waals surface area (Å²) in [4.78, 5) is 11.8. The van der Waals surface area contributed by atoms with E-state index < -0.39 is 0 Å². The van der Waals surface area contributed by atoms with E-state index in [2.05, 4.69) is 0 Å². The van der Waals surface area contributed by atoms with Crippen LogP contribution in [0.15, 0.2) is 12.1 Å². The van der Waals surface area contributed by atoms with Gasteiger partial charge in [0.05, 0.1) is 0 Å². The molecule has 1 N–H and O–H groups in total.